The van der Waals surface area contributed by atoms with Crippen molar-refractivity contribution in [1.29, 1.82) is 0 Å². The van der Waals surface area contributed by atoms with E-state index in [2.05, 4.69) is 0 Å². The van der Waals surface area contributed by atoms with E-state index >= 15 is 0 Å². The van der Waals surface area contributed by atoms with E-state index < -0.39 is 21.8 Å². The molecule has 6 nitrogen and oxygen atoms in total. The van der Waals surface area contributed by atoms with Gasteiger partial charge in [-0.25, -0.2) is 8.42 Å². The lowest BCUT2D eigenvalue weighted by atomic mass is 10.2. The quantitative estimate of drug-likeness (QED) is 0.712. The first-order chi connectivity index (χ1) is 14.6. The molecule has 0 radical (unpaired) electrons. The number of likely N-dealkylation sites (N-methyl/N-ethyl adjacent to an activating group) is 1. The van der Waals surface area contributed by atoms with Crippen molar-refractivity contribution < 1.29 is 31.3 Å². The summed E-state index contributed by atoms with van der Waals surface area (Å²) < 4.78 is 65.5. The first-order valence-corrected chi connectivity index (χ1v) is 11.3. The Kier molecular flexibility index (Phi) is 7.03. The maximum absolute atomic E-state index is 12.9. The summed E-state index contributed by atoms with van der Waals surface area (Å²) in [6.45, 7) is 1.82. The second kappa shape index (κ2) is 9.37. The number of carbonyl (C=O) groups excluding carboxylic acids is 1. The standard InChI is InChI=1S/C21H24F3N3O3S/c1-25(15-17-6-3-2-4-7-17)20(28)16-26-10-12-27(13-11-26)31(29,30)19-9-5-8-18(14-19)21(22,23)24/h2-9,14H,10-13,15-16H2,1H3/p+1. The number of sulfonamides is 1. The number of nitrogens with zero attached hydrogens (tertiary/aromatic N) is 2. The van der Waals surface area contributed by atoms with Gasteiger partial charge < -0.3 is 9.80 Å². The molecule has 10 heteroatoms. The number of rotatable bonds is 6. The fourth-order valence-corrected chi connectivity index (χ4v) is 4.98. The van der Waals surface area contributed by atoms with E-state index in [1.54, 1.807) is 11.9 Å². The maximum atomic E-state index is 12.9. The van der Waals surface area contributed by atoms with Crippen LogP contribution in [-0.2, 0) is 27.5 Å². The highest BCUT2D eigenvalue weighted by atomic mass is 32.2. The number of nitrogens with one attached hydrogen (secondary N) is 1. The summed E-state index contributed by atoms with van der Waals surface area (Å²) in [6, 6.07) is 13.4. The number of quaternary nitrogens is 1. The zero-order valence-corrected chi connectivity index (χ0v) is 17.9. The molecular formula is C21H25F3N3O3S+. The van der Waals surface area contributed by atoms with Gasteiger partial charge in [-0.2, -0.15) is 17.5 Å². The van der Waals surface area contributed by atoms with E-state index in [0.717, 1.165) is 22.6 Å². The van der Waals surface area contributed by atoms with Crippen LogP contribution in [0.15, 0.2) is 59.5 Å². The molecule has 3 rings (SSSR count). The lowest BCUT2D eigenvalue weighted by molar-refractivity contribution is -0.896. The molecule has 1 fully saturated rings. The van der Waals surface area contributed by atoms with Crippen molar-refractivity contribution in [2.24, 2.45) is 0 Å². The molecule has 0 aromatic heterocycles. The number of hydrogen-bond donors (Lipinski definition) is 1. The van der Waals surface area contributed by atoms with E-state index in [0.29, 0.717) is 25.7 Å². The van der Waals surface area contributed by atoms with Crippen LogP contribution in [0.2, 0.25) is 0 Å². The first-order valence-electron chi connectivity index (χ1n) is 9.86. The van der Waals surface area contributed by atoms with Crippen LogP contribution in [0.1, 0.15) is 11.1 Å². The number of halogens is 3. The van der Waals surface area contributed by atoms with Crippen LogP contribution in [0.25, 0.3) is 0 Å². The van der Waals surface area contributed by atoms with Crippen LogP contribution in [0.3, 0.4) is 0 Å². The lowest BCUT2D eigenvalue weighted by Crippen LogP contribution is -3.15. The summed E-state index contributed by atoms with van der Waals surface area (Å²) >= 11 is 0. The summed E-state index contributed by atoms with van der Waals surface area (Å²) in [4.78, 5) is 14.7. The minimum atomic E-state index is -4.61. The van der Waals surface area contributed by atoms with Gasteiger partial charge >= 0.3 is 6.18 Å². The fourth-order valence-electron chi connectivity index (χ4n) is 3.50. The molecule has 2 aromatic rings. The summed E-state index contributed by atoms with van der Waals surface area (Å²) in [5, 5.41) is 0. The first kappa shape index (κ1) is 23.2. The van der Waals surface area contributed by atoms with Crippen LogP contribution in [0.5, 0.6) is 0 Å². The minimum absolute atomic E-state index is 0.0481. The van der Waals surface area contributed by atoms with Crippen molar-refractivity contribution in [3.63, 3.8) is 0 Å². The van der Waals surface area contributed by atoms with E-state index in [1.165, 1.54) is 10.4 Å². The molecule has 1 aliphatic heterocycles. The molecule has 2 aromatic carbocycles. The summed E-state index contributed by atoms with van der Waals surface area (Å²) in [5.74, 6) is -0.0481. The number of amides is 1. The van der Waals surface area contributed by atoms with Crippen LogP contribution in [-0.4, -0.2) is 63.3 Å². The van der Waals surface area contributed by atoms with Crippen molar-refractivity contribution in [1.82, 2.24) is 9.21 Å². The molecule has 1 amide bonds. The van der Waals surface area contributed by atoms with Gasteiger partial charge in [0.1, 0.15) is 0 Å². The van der Waals surface area contributed by atoms with Gasteiger partial charge in [0.05, 0.1) is 36.6 Å². The molecular weight excluding hydrogens is 431 g/mol. The van der Waals surface area contributed by atoms with E-state index in [4.69, 9.17) is 0 Å². The maximum Gasteiger partial charge on any atom is 0.416 e. The monoisotopic (exact) mass is 456 g/mol. The zero-order chi connectivity index (χ0) is 22.6. The largest absolute Gasteiger partial charge is 0.416 e. The molecule has 0 unspecified atom stereocenters. The van der Waals surface area contributed by atoms with Crippen LogP contribution >= 0.6 is 0 Å². The average Bonchev–Trinajstić information content (AvgIpc) is 2.74. The number of carbonyl (C=O) groups is 1. The number of alkyl halides is 3. The fraction of sp³-hybridized carbons (Fsp3) is 0.381. The molecule has 0 bridgehead atoms. The van der Waals surface area contributed by atoms with Crippen LogP contribution < -0.4 is 4.90 Å². The highest BCUT2D eigenvalue weighted by Gasteiger charge is 2.35. The molecule has 0 atom stereocenters. The van der Waals surface area contributed by atoms with Crippen molar-refractivity contribution in [2.45, 2.75) is 17.6 Å². The Morgan fingerprint density at radius 2 is 1.71 bits per heavy atom. The summed E-state index contributed by atoms with van der Waals surface area (Å²) in [6.07, 6.45) is -4.61. The van der Waals surface area contributed by atoms with E-state index in [-0.39, 0.29) is 30.4 Å². The molecule has 1 N–H and O–H groups in total. The van der Waals surface area contributed by atoms with Gasteiger partial charge in [0.15, 0.2) is 6.54 Å². The normalized spacial score (nSPS) is 16.3. The Bertz CT molecular complexity index is 1010. The topological polar surface area (TPSA) is 62.1 Å². The average molecular weight is 457 g/mol. The SMILES string of the molecule is CN(Cc1ccccc1)C(=O)C[NH+]1CCN(S(=O)(=O)c2cccc(C(F)(F)F)c2)CC1. The van der Waals surface area contributed by atoms with Gasteiger partial charge in [-0.05, 0) is 23.8 Å². The molecule has 1 aliphatic rings. The molecule has 0 spiro atoms. The van der Waals surface area contributed by atoms with Crippen molar-refractivity contribution in [3.8, 4) is 0 Å². The second-order valence-corrected chi connectivity index (χ2v) is 9.53. The second-order valence-electron chi connectivity index (χ2n) is 7.59. The third-order valence-electron chi connectivity index (χ3n) is 5.32. The number of piperazine rings is 1. The number of benzene rings is 2. The van der Waals surface area contributed by atoms with Gasteiger partial charge in [-0.1, -0.05) is 36.4 Å². The third-order valence-corrected chi connectivity index (χ3v) is 7.21. The molecule has 168 valence electrons. The van der Waals surface area contributed by atoms with Crippen LogP contribution in [0, 0.1) is 0 Å². The zero-order valence-electron chi connectivity index (χ0n) is 17.1. The van der Waals surface area contributed by atoms with Gasteiger partial charge in [0.25, 0.3) is 5.91 Å². The van der Waals surface area contributed by atoms with Gasteiger partial charge in [-0.3, -0.25) is 4.79 Å². The summed E-state index contributed by atoms with van der Waals surface area (Å²) in [5.41, 5.74) is 0.0234. The predicted octanol–water partition coefficient (Wildman–Crippen LogP) is 1.25. The van der Waals surface area contributed by atoms with Gasteiger partial charge in [-0.15, -0.1) is 0 Å². The summed E-state index contributed by atoms with van der Waals surface area (Å²) in [7, 11) is -2.30. The van der Waals surface area contributed by atoms with Gasteiger partial charge in [0.2, 0.25) is 10.0 Å². The number of hydrogen-bond acceptors (Lipinski definition) is 3. The van der Waals surface area contributed by atoms with Crippen LogP contribution in [0.4, 0.5) is 13.2 Å². The Morgan fingerprint density at radius 3 is 2.32 bits per heavy atom. The van der Waals surface area contributed by atoms with Crippen molar-refractivity contribution >= 4 is 15.9 Å². The Morgan fingerprint density at radius 1 is 1.06 bits per heavy atom. The van der Waals surface area contributed by atoms with Crippen molar-refractivity contribution in [3.05, 3.63) is 65.7 Å². The predicted molar refractivity (Wildman–Crippen MR) is 109 cm³/mol. The molecule has 1 saturated heterocycles. The molecule has 31 heavy (non-hydrogen) atoms. The minimum Gasteiger partial charge on any atom is -0.337 e. The van der Waals surface area contributed by atoms with E-state index in [1.807, 2.05) is 30.3 Å². The highest BCUT2D eigenvalue weighted by molar-refractivity contribution is 7.89. The Labute approximate surface area is 179 Å². The highest BCUT2D eigenvalue weighted by Crippen LogP contribution is 2.31. The molecule has 0 aliphatic carbocycles. The smallest absolute Gasteiger partial charge is 0.337 e. The van der Waals surface area contributed by atoms with E-state index in [9.17, 15) is 26.4 Å². The molecule has 1 heterocycles. The molecule has 0 saturated carbocycles. The van der Waals surface area contributed by atoms with Crippen molar-refractivity contribution in [2.75, 3.05) is 39.8 Å². The Hall–Kier alpha value is -2.43. The lowest BCUT2D eigenvalue weighted by Gasteiger charge is -2.32. The van der Waals surface area contributed by atoms with Gasteiger partial charge in [0, 0.05) is 13.6 Å². The Balaban J connectivity index is 1.57. The third kappa shape index (κ3) is 5.84.